The van der Waals surface area contributed by atoms with Crippen molar-refractivity contribution in [1.82, 2.24) is 20.4 Å². The third-order valence-electron chi connectivity index (χ3n) is 5.66. The highest BCUT2D eigenvalue weighted by atomic mass is 32.2. The molecule has 0 spiro atoms. The van der Waals surface area contributed by atoms with Crippen LogP contribution in [0.2, 0.25) is 0 Å². The first kappa shape index (κ1) is 22.7. The number of hydrogen-bond acceptors (Lipinski definition) is 7. The van der Waals surface area contributed by atoms with E-state index < -0.39 is 6.04 Å². The Morgan fingerprint density at radius 3 is 2.48 bits per heavy atom. The maximum atomic E-state index is 12.8. The molecule has 1 aliphatic rings. The average molecular weight is 467 g/mol. The van der Waals surface area contributed by atoms with Crippen LogP contribution in [-0.4, -0.2) is 48.1 Å². The molecule has 9 heteroatoms. The fraction of sp³-hybridized carbons (Fsp3) is 0.292. The molecule has 2 aromatic carbocycles. The predicted octanol–water partition coefficient (Wildman–Crippen LogP) is 4.99. The zero-order chi connectivity index (χ0) is 23.5. The smallest absolute Gasteiger partial charge is 0.322 e. The summed E-state index contributed by atoms with van der Waals surface area (Å²) in [5, 5.41) is 7.28. The molecule has 0 radical (unpaired) electrons. The molecule has 0 saturated heterocycles. The van der Waals surface area contributed by atoms with Crippen LogP contribution in [0, 0.1) is 0 Å². The minimum absolute atomic E-state index is 0.189. The first-order chi connectivity index (χ1) is 16.0. The third kappa shape index (κ3) is 4.28. The Kier molecular flexibility index (Phi) is 6.60. The number of carbonyl (C=O) groups excluding carboxylic acids is 1. The molecule has 2 amide bonds. The quantitative estimate of drug-likeness (QED) is 0.491. The summed E-state index contributed by atoms with van der Waals surface area (Å²) in [6.45, 7) is 4.32. The maximum Gasteiger partial charge on any atom is 0.322 e. The van der Waals surface area contributed by atoms with Crippen molar-refractivity contribution in [1.29, 1.82) is 0 Å². The molecule has 0 fully saturated rings. The Morgan fingerprint density at radius 2 is 1.85 bits per heavy atom. The fourth-order valence-corrected chi connectivity index (χ4v) is 4.32. The fourth-order valence-electron chi connectivity index (χ4n) is 3.91. The summed E-state index contributed by atoms with van der Waals surface area (Å²) in [5.74, 6) is 2.02. The van der Waals surface area contributed by atoms with Gasteiger partial charge >= 0.3 is 6.03 Å². The molecular formula is C24H26N4O4S. The highest BCUT2D eigenvalue weighted by Crippen LogP contribution is 2.40. The van der Waals surface area contributed by atoms with Crippen LogP contribution in [0.1, 0.15) is 31.3 Å². The van der Waals surface area contributed by atoms with E-state index in [1.54, 1.807) is 30.9 Å². The topological polar surface area (TPSA) is 89.7 Å². The van der Waals surface area contributed by atoms with E-state index in [9.17, 15) is 4.79 Å². The number of nitrogens with one attached hydrogen (secondary N) is 1. The SMILES string of the molecule is CCN1C(=O)NC(c2ccc(OC)c(OC)c2)C(c2nc(-c3ccc(SC)cc3)no2)=C1C. The van der Waals surface area contributed by atoms with Crippen molar-refractivity contribution in [2.75, 3.05) is 27.0 Å². The lowest BCUT2D eigenvalue weighted by Crippen LogP contribution is -2.45. The molecule has 1 unspecified atom stereocenters. The molecule has 1 atom stereocenters. The number of benzene rings is 2. The van der Waals surface area contributed by atoms with Gasteiger partial charge in [0.15, 0.2) is 11.5 Å². The minimum Gasteiger partial charge on any atom is -0.493 e. The van der Waals surface area contributed by atoms with Crippen molar-refractivity contribution in [2.45, 2.75) is 24.8 Å². The van der Waals surface area contributed by atoms with Gasteiger partial charge in [-0.05, 0) is 62.1 Å². The second-order valence-corrected chi connectivity index (χ2v) is 8.27. The molecule has 8 nitrogen and oxygen atoms in total. The van der Waals surface area contributed by atoms with Gasteiger partial charge in [-0.2, -0.15) is 4.98 Å². The number of carbonyl (C=O) groups is 1. The number of aromatic nitrogens is 2. The predicted molar refractivity (Wildman–Crippen MR) is 127 cm³/mol. The molecule has 4 rings (SSSR count). The van der Waals surface area contributed by atoms with Crippen LogP contribution < -0.4 is 14.8 Å². The number of rotatable bonds is 7. The molecule has 1 aromatic heterocycles. The second kappa shape index (κ2) is 9.58. The normalized spacial score (nSPS) is 16.1. The summed E-state index contributed by atoms with van der Waals surface area (Å²) in [7, 11) is 3.16. The summed E-state index contributed by atoms with van der Waals surface area (Å²) >= 11 is 1.67. The van der Waals surface area contributed by atoms with Crippen molar-refractivity contribution in [2.24, 2.45) is 0 Å². The first-order valence-electron chi connectivity index (χ1n) is 10.5. The maximum absolute atomic E-state index is 12.8. The van der Waals surface area contributed by atoms with Gasteiger partial charge in [0.1, 0.15) is 0 Å². The molecular weight excluding hydrogens is 440 g/mol. The Labute approximate surface area is 197 Å². The van der Waals surface area contributed by atoms with Gasteiger partial charge in [-0.25, -0.2) is 4.79 Å². The van der Waals surface area contributed by atoms with Gasteiger partial charge in [-0.15, -0.1) is 11.8 Å². The number of methoxy groups -OCH3 is 2. The van der Waals surface area contributed by atoms with Crippen LogP contribution in [0.25, 0.3) is 17.0 Å². The van der Waals surface area contributed by atoms with Crippen molar-refractivity contribution in [3.8, 4) is 22.9 Å². The van der Waals surface area contributed by atoms with Gasteiger partial charge in [0.25, 0.3) is 5.89 Å². The molecule has 0 saturated carbocycles. The number of nitrogens with zero attached hydrogens (tertiary/aromatic N) is 3. The van der Waals surface area contributed by atoms with Gasteiger partial charge in [0.2, 0.25) is 5.82 Å². The third-order valence-corrected chi connectivity index (χ3v) is 6.40. The zero-order valence-electron chi connectivity index (χ0n) is 19.2. The highest BCUT2D eigenvalue weighted by molar-refractivity contribution is 7.98. The molecule has 1 N–H and O–H groups in total. The summed E-state index contributed by atoms with van der Waals surface area (Å²) in [4.78, 5) is 20.3. The number of urea groups is 1. The van der Waals surface area contributed by atoms with Crippen molar-refractivity contribution in [3.05, 3.63) is 59.6 Å². The number of ether oxygens (including phenoxy) is 2. The van der Waals surface area contributed by atoms with E-state index in [0.29, 0.717) is 29.8 Å². The Bertz CT molecular complexity index is 1190. The Hall–Kier alpha value is -3.46. The van der Waals surface area contributed by atoms with Gasteiger partial charge in [-0.1, -0.05) is 11.2 Å². The Balaban J connectivity index is 1.79. The van der Waals surface area contributed by atoms with E-state index in [0.717, 1.165) is 27.3 Å². The first-order valence-corrected chi connectivity index (χ1v) is 11.7. The molecule has 0 aliphatic carbocycles. The van der Waals surface area contributed by atoms with Gasteiger partial charge < -0.3 is 19.3 Å². The van der Waals surface area contributed by atoms with Crippen LogP contribution in [0.3, 0.4) is 0 Å². The van der Waals surface area contributed by atoms with E-state index in [-0.39, 0.29) is 6.03 Å². The number of hydrogen-bond donors (Lipinski definition) is 1. The van der Waals surface area contributed by atoms with Gasteiger partial charge in [-0.3, -0.25) is 4.90 Å². The van der Waals surface area contributed by atoms with Gasteiger partial charge in [0, 0.05) is 22.7 Å². The lowest BCUT2D eigenvalue weighted by molar-refractivity contribution is 0.207. The zero-order valence-corrected chi connectivity index (χ0v) is 20.0. The highest BCUT2D eigenvalue weighted by Gasteiger charge is 2.35. The monoisotopic (exact) mass is 466 g/mol. The second-order valence-electron chi connectivity index (χ2n) is 7.39. The summed E-state index contributed by atoms with van der Waals surface area (Å²) in [6, 6.07) is 12.8. The van der Waals surface area contributed by atoms with Crippen LogP contribution in [0.4, 0.5) is 4.79 Å². The molecule has 3 aromatic rings. The summed E-state index contributed by atoms with van der Waals surface area (Å²) in [5.41, 5.74) is 3.17. The minimum atomic E-state index is -0.493. The van der Waals surface area contributed by atoms with Crippen LogP contribution in [0.5, 0.6) is 11.5 Å². The summed E-state index contributed by atoms with van der Waals surface area (Å²) < 4.78 is 16.5. The Morgan fingerprint density at radius 1 is 1.12 bits per heavy atom. The van der Waals surface area contributed by atoms with E-state index in [2.05, 4.69) is 15.5 Å². The number of thioether (sulfide) groups is 1. The molecule has 1 aliphatic heterocycles. The van der Waals surface area contributed by atoms with E-state index in [1.807, 2.05) is 62.6 Å². The molecule has 0 bridgehead atoms. The van der Waals surface area contributed by atoms with E-state index in [1.165, 1.54) is 0 Å². The largest absolute Gasteiger partial charge is 0.493 e. The standard InChI is InChI=1S/C24H26N4O4S/c1-6-28-14(2)20(23-26-22(27-32-23)15-7-10-17(33-5)11-8-15)21(25-24(28)29)16-9-12-18(30-3)19(13-16)31-4/h7-13,21H,6H2,1-5H3,(H,25,29). The average Bonchev–Trinajstić information content (AvgIpc) is 3.33. The lowest BCUT2D eigenvalue weighted by atomic mass is 9.94. The van der Waals surface area contributed by atoms with Gasteiger partial charge in [0.05, 0.1) is 25.8 Å². The van der Waals surface area contributed by atoms with Crippen LogP contribution in [-0.2, 0) is 0 Å². The van der Waals surface area contributed by atoms with E-state index in [4.69, 9.17) is 14.0 Å². The van der Waals surface area contributed by atoms with Crippen LogP contribution in [0.15, 0.2) is 57.6 Å². The number of allylic oxidation sites excluding steroid dienone is 1. The van der Waals surface area contributed by atoms with Crippen molar-refractivity contribution in [3.63, 3.8) is 0 Å². The van der Waals surface area contributed by atoms with E-state index >= 15 is 0 Å². The lowest BCUT2D eigenvalue weighted by Gasteiger charge is -2.34. The van der Waals surface area contributed by atoms with Crippen LogP contribution >= 0.6 is 11.8 Å². The number of amides is 2. The molecule has 172 valence electrons. The molecule has 2 heterocycles. The van der Waals surface area contributed by atoms with Crippen molar-refractivity contribution < 1.29 is 18.8 Å². The van der Waals surface area contributed by atoms with Crippen molar-refractivity contribution >= 4 is 23.4 Å². The summed E-state index contributed by atoms with van der Waals surface area (Å²) in [6.07, 6.45) is 2.03. The molecule has 33 heavy (non-hydrogen) atoms.